The van der Waals surface area contributed by atoms with Crippen LogP contribution in [0.3, 0.4) is 0 Å². The number of carbonyl (C=O) groups excluding carboxylic acids is 1. The van der Waals surface area contributed by atoms with Gasteiger partial charge in [0.05, 0.1) is 0 Å². The molecule has 3 N–H and O–H groups in total. The van der Waals surface area contributed by atoms with Gasteiger partial charge in [-0.15, -0.1) is 12.4 Å². The first-order valence-corrected chi connectivity index (χ1v) is 4.39. The minimum Gasteiger partial charge on any atom is -0.444 e. The van der Waals surface area contributed by atoms with Crippen molar-refractivity contribution in [3.05, 3.63) is 35.9 Å². The number of halogens is 1. The number of guanidine groups is 1. The minimum absolute atomic E-state index is 0. The zero-order valence-electron chi connectivity index (χ0n) is 8.84. The molecule has 6 heteroatoms. The van der Waals surface area contributed by atoms with Crippen LogP contribution in [0, 0.1) is 5.41 Å². The molecular weight excluding hydrogens is 230 g/mol. The van der Waals surface area contributed by atoms with Gasteiger partial charge in [-0.05, 0) is 5.56 Å². The molecule has 1 aromatic rings. The van der Waals surface area contributed by atoms with Crippen LogP contribution in [0.1, 0.15) is 5.56 Å². The normalized spacial score (nSPS) is 8.81. The maximum atomic E-state index is 11.2. The van der Waals surface area contributed by atoms with Crippen molar-refractivity contribution in [1.82, 2.24) is 4.90 Å². The summed E-state index contributed by atoms with van der Waals surface area (Å²) in [7, 11) is 1.38. The summed E-state index contributed by atoms with van der Waals surface area (Å²) in [5, 5.41) is 7.02. The molecular formula is C10H14ClN3O2. The molecule has 0 aliphatic carbocycles. The molecule has 1 rings (SSSR count). The summed E-state index contributed by atoms with van der Waals surface area (Å²) < 4.78 is 4.92. The molecule has 1 amide bonds. The summed E-state index contributed by atoms with van der Waals surface area (Å²) in [4.78, 5) is 12.2. The SMILES string of the molecule is CN(C(=N)N)C(=O)OCc1ccccc1.Cl. The van der Waals surface area contributed by atoms with E-state index in [0.717, 1.165) is 10.5 Å². The minimum atomic E-state index is -0.633. The first kappa shape index (κ1) is 14.2. The summed E-state index contributed by atoms with van der Waals surface area (Å²) in [6.45, 7) is 0.178. The van der Waals surface area contributed by atoms with Gasteiger partial charge < -0.3 is 10.5 Å². The van der Waals surface area contributed by atoms with Crippen LogP contribution in [0.15, 0.2) is 30.3 Å². The van der Waals surface area contributed by atoms with Crippen LogP contribution in [0.2, 0.25) is 0 Å². The maximum Gasteiger partial charge on any atom is 0.416 e. The van der Waals surface area contributed by atoms with Crippen LogP contribution >= 0.6 is 12.4 Å². The third kappa shape index (κ3) is 4.18. The van der Waals surface area contributed by atoms with Crippen LogP contribution in [-0.4, -0.2) is 24.0 Å². The smallest absolute Gasteiger partial charge is 0.416 e. The number of carbonyl (C=O) groups is 1. The third-order valence-corrected chi connectivity index (χ3v) is 1.84. The molecule has 0 radical (unpaired) electrons. The van der Waals surface area contributed by atoms with E-state index < -0.39 is 6.09 Å². The Morgan fingerprint density at radius 1 is 1.44 bits per heavy atom. The van der Waals surface area contributed by atoms with Crippen LogP contribution in [-0.2, 0) is 11.3 Å². The van der Waals surface area contributed by atoms with E-state index in [4.69, 9.17) is 15.9 Å². The van der Waals surface area contributed by atoms with Gasteiger partial charge in [-0.1, -0.05) is 30.3 Å². The highest BCUT2D eigenvalue weighted by Crippen LogP contribution is 2.01. The van der Waals surface area contributed by atoms with Gasteiger partial charge in [0.15, 0.2) is 5.96 Å². The highest BCUT2D eigenvalue weighted by atomic mass is 35.5. The lowest BCUT2D eigenvalue weighted by Gasteiger charge is -2.14. The lowest BCUT2D eigenvalue weighted by atomic mass is 10.2. The standard InChI is InChI=1S/C10H13N3O2.ClH/c1-13(9(11)12)10(14)15-7-8-5-3-2-4-6-8;/h2-6H,7H2,1H3,(H3,11,12);1H. The molecule has 0 unspecified atom stereocenters. The highest BCUT2D eigenvalue weighted by molar-refractivity contribution is 5.90. The Bertz CT molecular complexity index is 356. The lowest BCUT2D eigenvalue weighted by molar-refractivity contribution is 0.121. The van der Waals surface area contributed by atoms with Gasteiger partial charge in [-0.25, -0.2) is 4.79 Å². The number of nitrogens with two attached hydrogens (primary N) is 1. The van der Waals surface area contributed by atoms with Crippen molar-refractivity contribution in [3.8, 4) is 0 Å². The zero-order chi connectivity index (χ0) is 11.3. The molecule has 0 heterocycles. The molecule has 0 fully saturated rings. The molecule has 0 spiro atoms. The molecule has 1 aromatic carbocycles. The topological polar surface area (TPSA) is 79.4 Å². The molecule has 5 nitrogen and oxygen atoms in total. The Labute approximate surface area is 100 Å². The van der Waals surface area contributed by atoms with E-state index in [9.17, 15) is 4.79 Å². The molecule has 0 saturated heterocycles. The first-order chi connectivity index (χ1) is 7.11. The van der Waals surface area contributed by atoms with Gasteiger partial charge in [0.25, 0.3) is 0 Å². The number of nitrogens with zero attached hydrogens (tertiary/aromatic N) is 1. The van der Waals surface area contributed by atoms with E-state index in [0.29, 0.717) is 0 Å². The van der Waals surface area contributed by atoms with Gasteiger partial charge in [-0.2, -0.15) is 0 Å². The van der Waals surface area contributed by atoms with Crippen LogP contribution in [0.5, 0.6) is 0 Å². The van der Waals surface area contributed by atoms with Crippen molar-refractivity contribution in [3.63, 3.8) is 0 Å². The summed E-state index contributed by atoms with van der Waals surface area (Å²) in [5.74, 6) is -0.340. The van der Waals surface area contributed by atoms with Gasteiger partial charge in [-0.3, -0.25) is 10.3 Å². The molecule has 0 atom stereocenters. The Morgan fingerprint density at radius 3 is 2.50 bits per heavy atom. The van der Waals surface area contributed by atoms with Crippen molar-refractivity contribution < 1.29 is 9.53 Å². The number of nitrogens with one attached hydrogen (secondary N) is 1. The molecule has 0 aromatic heterocycles. The summed E-state index contributed by atoms with van der Waals surface area (Å²) in [6, 6.07) is 9.30. The molecule has 0 saturated carbocycles. The van der Waals surface area contributed by atoms with E-state index in [1.807, 2.05) is 30.3 Å². The van der Waals surface area contributed by atoms with Crippen molar-refractivity contribution >= 4 is 24.5 Å². The van der Waals surface area contributed by atoms with Gasteiger partial charge in [0, 0.05) is 7.05 Å². The maximum absolute atomic E-state index is 11.2. The molecule has 0 bridgehead atoms. The fraction of sp³-hybridized carbons (Fsp3) is 0.200. The van der Waals surface area contributed by atoms with Gasteiger partial charge >= 0.3 is 6.09 Å². The van der Waals surface area contributed by atoms with E-state index in [-0.39, 0.29) is 25.0 Å². The third-order valence-electron chi connectivity index (χ3n) is 1.84. The van der Waals surface area contributed by atoms with Crippen LogP contribution in [0.25, 0.3) is 0 Å². The second-order valence-corrected chi connectivity index (χ2v) is 2.98. The first-order valence-electron chi connectivity index (χ1n) is 4.39. The number of rotatable bonds is 2. The Hall–Kier alpha value is -1.75. The average Bonchev–Trinajstić information content (AvgIpc) is 2.26. The predicted molar refractivity (Wildman–Crippen MR) is 63.6 cm³/mol. The molecule has 0 aliphatic rings. The number of hydrogen-bond acceptors (Lipinski definition) is 3. The summed E-state index contributed by atoms with van der Waals surface area (Å²) in [6.07, 6.45) is -0.633. The molecule has 0 aliphatic heterocycles. The van der Waals surface area contributed by atoms with E-state index in [1.54, 1.807) is 0 Å². The predicted octanol–water partition coefficient (Wildman–Crippen LogP) is 1.57. The quantitative estimate of drug-likeness (QED) is 0.611. The van der Waals surface area contributed by atoms with E-state index in [1.165, 1.54) is 7.05 Å². The van der Waals surface area contributed by atoms with Gasteiger partial charge in [0.2, 0.25) is 0 Å². The number of benzene rings is 1. The van der Waals surface area contributed by atoms with Crippen LogP contribution < -0.4 is 5.73 Å². The Balaban J connectivity index is 0.00000225. The van der Waals surface area contributed by atoms with Crippen LogP contribution in [0.4, 0.5) is 4.79 Å². The van der Waals surface area contributed by atoms with Gasteiger partial charge in [0.1, 0.15) is 6.61 Å². The summed E-state index contributed by atoms with van der Waals surface area (Å²) >= 11 is 0. The van der Waals surface area contributed by atoms with E-state index in [2.05, 4.69) is 0 Å². The van der Waals surface area contributed by atoms with Crippen molar-refractivity contribution in [1.29, 1.82) is 5.41 Å². The fourth-order valence-corrected chi connectivity index (χ4v) is 0.914. The van der Waals surface area contributed by atoms with E-state index >= 15 is 0 Å². The van der Waals surface area contributed by atoms with Crippen molar-refractivity contribution in [2.75, 3.05) is 7.05 Å². The highest BCUT2D eigenvalue weighted by Gasteiger charge is 2.11. The Morgan fingerprint density at radius 2 is 2.00 bits per heavy atom. The number of hydrogen-bond donors (Lipinski definition) is 2. The number of amides is 1. The fourth-order valence-electron chi connectivity index (χ4n) is 0.914. The zero-order valence-corrected chi connectivity index (χ0v) is 9.66. The number of ether oxygens (including phenoxy) is 1. The summed E-state index contributed by atoms with van der Waals surface area (Å²) in [5.41, 5.74) is 6.01. The second-order valence-electron chi connectivity index (χ2n) is 2.98. The second kappa shape index (κ2) is 6.68. The monoisotopic (exact) mass is 243 g/mol. The Kier molecular flexibility index (Phi) is 5.95. The average molecular weight is 244 g/mol. The largest absolute Gasteiger partial charge is 0.444 e. The van der Waals surface area contributed by atoms with Crippen molar-refractivity contribution in [2.24, 2.45) is 5.73 Å². The van der Waals surface area contributed by atoms with Crippen molar-refractivity contribution in [2.45, 2.75) is 6.61 Å². The molecule has 88 valence electrons. The lowest BCUT2D eigenvalue weighted by Crippen LogP contribution is -2.38. The molecule has 16 heavy (non-hydrogen) atoms.